The van der Waals surface area contributed by atoms with Gasteiger partial charge in [-0.3, -0.25) is 4.79 Å². The summed E-state index contributed by atoms with van der Waals surface area (Å²) >= 11 is 0. The van der Waals surface area contributed by atoms with Crippen molar-refractivity contribution in [1.82, 2.24) is 0 Å². The van der Waals surface area contributed by atoms with Gasteiger partial charge >= 0.3 is 5.97 Å². The zero-order chi connectivity index (χ0) is 19.6. The zero-order valence-corrected chi connectivity index (χ0v) is 15.5. The van der Waals surface area contributed by atoms with Crippen LogP contribution in [0.5, 0.6) is 0 Å². The van der Waals surface area contributed by atoms with Gasteiger partial charge in [0.2, 0.25) is 11.4 Å². The van der Waals surface area contributed by atoms with E-state index in [1.54, 1.807) is 0 Å². The number of hydrogen-bond acceptors (Lipinski definition) is 3. The van der Waals surface area contributed by atoms with Gasteiger partial charge in [0.15, 0.2) is 0 Å². The normalized spacial score (nSPS) is 20.3. The molecule has 1 aliphatic carbocycles. The van der Waals surface area contributed by atoms with E-state index in [1.807, 2.05) is 72.8 Å². The Labute approximate surface area is 167 Å². The first-order valence-corrected chi connectivity index (χ1v) is 9.66. The van der Waals surface area contributed by atoms with Crippen LogP contribution >= 0.6 is 0 Å². The van der Waals surface area contributed by atoms with Crippen molar-refractivity contribution in [2.24, 2.45) is 0 Å². The fraction of sp³-hybridized carbons (Fsp3) is 0.0769. The molecule has 1 atom stereocenters. The molecule has 0 N–H and O–H groups in total. The topological polar surface area (TPSA) is 43.4 Å². The number of benzene rings is 4. The summed E-state index contributed by atoms with van der Waals surface area (Å²) in [5.41, 5.74) is 1.81. The fourth-order valence-electron chi connectivity index (χ4n) is 4.83. The number of hydrogen-bond donors (Lipinski definition) is 0. The molecule has 4 aromatic carbocycles. The zero-order valence-electron chi connectivity index (χ0n) is 15.5. The minimum absolute atomic E-state index is 0.149. The van der Waals surface area contributed by atoms with E-state index in [0.29, 0.717) is 12.0 Å². The van der Waals surface area contributed by atoms with Crippen LogP contribution in [0, 0.1) is 0 Å². The largest absolute Gasteiger partial charge is 0.442 e. The van der Waals surface area contributed by atoms with Gasteiger partial charge in [-0.2, -0.15) is 0 Å². The lowest BCUT2D eigenvalue weighted by Crippen LogP contribution is -2.44. The lowest BCUT2D eigenvalue weighted by atomic mass is 9.71. The highest BCUT2D eigenvalue weighted by Crippen LogP contribution is 2.49. The fourth-order valence-corrected chi connectivity index (χ4v) is 4.83. The molecule has 0 radical (unpaired) electrons. The molecule has 0 amide bonds. The number of carbonyl (C=O) groups is 2. The van der Waals surface area contributed by atoms with Gasteiger partial charge in [0.1, 0.15) is 0 Å². The summed E-state index contributed by atoms with van der Waals surface area (Å²) in [5.74, 6) is -0.629. The smallest absolute Gasteiger partial charge is 0.332 e. The van der Waals surface area contributed by atoms with Gasteiger partial charge in [0.05, 0.1) is 0 Å². The van der Waals surface area contributed by atoms with E-state index in [-0.39, 0.29) is 5.78 Å². The number of ketones is 1. The van der Waals surface area contributed by atoms with Gasteiger partial charge in [-0.25, -0.2) is 4.79 Å². The summed E-state index contributed by atoms with van der Waals surface area (Å²) < 4.78 is 5.89. The monoisotopic (exact) mass is 376 g/mol. The van der Waals surface area contributed by atoms with Crippen molar-refractivity contribution in [1.29, 1.82) is 0 Å². The maximum atomic E-state index is 13.8. The molecule has 0 unspecified atom stereocenters. The molecule has 1 aliphatic heterocycles. The van der Waals surface area contributed by atoms with Crippen molar-refractivity contribution < 1.29 is 14.3 Å². The molecule has 6 rings (SSSR count). The average molecular weight is 376 g/mol. The predicted molar refractivity (Wildman–Crippen MR) is 113 cm³/mol. The molecule has 4 aromatic rings. The molecule has 0 aromatic heterocycles. The highest BCUT2D eigenvalue weighted by molar-refractivity contribution is 6.26. The van der Waals surface area contributed by atoms with Crippen LogP contribution in [0.15, 0.2) is 84.9 Å². The number of esters is 1. The third-order valence-electron chi connectivity index (χ3n) is 6.08. The minimum atomic E-state index is -1.33. The van der Waals surface area contributed by atoms with Gasteiger partial charge in [0, 0.05) is 29.0 Å². The molecule has 0 saturated carbocycles. The molecular formula is C26H16O3. The molecule has 2 aliphatic rings. The summed E-state index contributed by atoms with van der Waals surface area (Å²) in [5, 5.41) is 4.01. The Balaban J connectivity index is 1.68. The van der Waals surface area contributed by atoms with Gasteiger partial charge in [-0.1, -0.05) is 78.9 Å². The Hall–Kier alpha value is -3.72. The van der Waals surface area contributed by atoms with E-state index in [9.17, 15) is 9.59 Å². The molecule has 138 valence electrons. The van der Waals surface area contributed by atoms with Crippen LogP contribution in [0.25, 0.3) is 27.1 Å². The van der Waals surface area contributed by atoms with Crippen molar-refractivity contribution in [3.05, 3.63) is 102 Å². The van der Waals surface area contributed by atoms with Crippen molar-refractivity contribution in [2.45, 2.75) is 12.0 Å². The van der Waals surface area contributed by atoms with Crippen molar-refractivity contribution in [2.75, 3.05) is 0 Å². The highest BCUT2D eigenvalue weighted by atomic mass is 16.6. The number of Topliss-reactive ketones (excluding diaryl/α,β-unsaturated/α-hetero) is 1. The first kappa shape index (κ1) is 16.3. The van der Waals surface area contributed by atoms with E-state index >= 15 is 0 Å². The molecule has 0 bridgehead atoms. The highest BCUT2D eigenvalue weighted by Gasteiger charge is 2.50. The number of ether oxygens (including phenoxy) is 1. The second-order valence-corrected chi connectivity index (χ2v) is 7.66. The second kappa shape index (κ2) is 5.65. The standard InChI is InChI=1S/C26H16O3/c27-22-14-19(16-6-2-1-3-7-16)15-26(29-22)21-11-5-9-18-13-12-17-8-4-10-20(25(26)28)23(17)24(18)21/h1-14H,15H2/t26-/m1/s1. The summed E-state index contributed by atoms with van der Waals surface area (Å²) in [4.78, 5) is 26.5. The Morgan fingerprint density at radius 3 is 2.24 bits per heavy atom. The molecule has 1 heterocycles. The first-order chi connectivity index (χ1) is 14.2. The van der Waals surface area contributed by atoms with Crippen molar-refractivity contribution in [3.8, 4) is 0 Å². The maximum absolute atomic E-state index is 13.8. The van der Waals surface area contributed by atoms with Crippen LogP contribution in [-0.2, 0) is 15.1 Å². The molecule has 1 spiro atoms. The number of fused-ring (bicyclic) bond motifs is 1. The summed E-state index contributed by atoms with van der Waals surface area (Å²) in [6.45, 7) is 0. The van der Waals surface area contributed by atoms with Crippen LogP contribution in [0.4, 0.5) is 0 Å². The molecular weight excluding hydrogens is 360 g/mol. The number of carbonyl (C=O) groups excluding carboxylic acids is 2. The van der Waals surface area contributed by atoms with E-state index in [1.165, 1.54) is 6.08 Å². The Morgan fingerprint density at radius 2 is 1.45 bits per heavy atom. The quantitative estimate of drug-likeness (QED) is 0.329. The Bertz CT molecular complexity index is 1380. The van der Waals surface area contributed by atoms with Gasteiger partial charge in [-0.15, -0.1) is 0 Å². The summed E-state index contributed by atoms with van der Waals surface area (Å²) in [6.07, 6.45) is 1.83. The van der Waals surface area contributed by atoms with E-state index in [0.717, 1.165) is 38.2 Å². The lowest BCUT2D eigenvalue weighted by molar-refractivity contribution is -0.150. The molecule has 29 heavy (non-hydrogen) atoms. The average Bonchev–Trinajstić information content (AvgIpc) is 2.77. The lowest BCUT2D eigenvalue weighted by Gasteiger charge is -2.39. The van der Waals surface area contributed by atoms with Gasteiger partial charge < -0.3 is 4.74 Å². The summed E-state index contributed by atoms with van der Waals surface area (Å²) in [7, 11) is 0. The van der Waals surface area contributed by atoms with Crippen LogP contribution < -0.4 is 0 Å². The van der Waals surface area contributed by atoms with Gasteiger partial charge in [-0.05, 0) is 27.3 Å². The van der Waals surface area contributed by atoms with E-state index in [4.69, 9.17) is 4.74 Å². The first-order valence-electron chi connectivity index (χ1n) is 9.66. The van der Waals surface area contributed by atoms with Crippen LogP contribution in [0.2, 0.25) is 0 Å². The van der Waals surface area contributed by atoms with Crippen LogP contribution in [-0.4, -0.2) is 11.8 Å². The van der Waals surface area contributed by atoms with Gasteiger partial charge in [0.25, 0.3) is 0 Å². The summed E-state index contributed by atoms with van der Waals surface area (Å²) in [6, 6.07) is 25.5. The molecule has 0 saturated heterocycles. The predicted octanol–water partition coefficient (Wildman–Crippen LogP) is 5.42. The van der Waals surface area contributed by atoms with Crippen molar-refractivity contribution >= 4 is 38.9 Å². The Morgan fingerprint density at radius 1 is 0.724 bits per heavy atom. The third kappa shape index (κ3) is 2.13. The second-order valence-electron chi connectivity index (χ2n) is 7.66. The maximum Gasteiger partial charge on any atom is 0.332 e. The third-order valence-corrected chi connectivity index (χ3v) is 6.08. The molecule has 0 fully saturated rings. The number of rotatable bonds is 1. The molecule has 3 heteroatoms. The van der Waals surface area contributed by atoms with Crippen LogP contribution in [0.1, 0.15) is 27.9 Å². The van der Waals surface area contributed by atoms with E-state index in [2.05, 4.69) is 6.07 Å². The van der Waals surface area contributed by atoms with Crippen molar-refractivity contribution in [3.63, 3.8) is 0 Å². The minimum Gasteiger partial charge on any atom is -0.442 e. The molecule has 3 nitrogen and oxygen atoms in total. The van der Waals surface area contributed by atoms with Crippen LogP contribution in [0.3, 0.4) is 0 Å². The van der Waals surface area contributed by atoms with E-state index < -0.39 is 11.6 Å². The SMILES string of the molecule is O=C1C=C(c2ccccc2)C[C@]2(O1)C(=O)c1cccc3ccc4cccc2c4c13. The Kier molecular flexibility index (Phi) is 3.16.